The molecule has 0 aromatic rings. The lowest BCUT2D eigenvalue weighted by Crippen LogP contribution is -2.42. The first-order chi connectivity index (χ1) is 6.90. The smallest absolute Gasteiger partial charge is 0.149 e. The topological polar surface area (TPSA) is 37.3 Å². The minimum atomic E-state index is -0.313. The molecule has 2 nitrogen and oxygen atoms in total. The van der Waals surface area contributed by atoms with Gasteiger partial charge in [0, 0.05) is 5.41 Å². The van der Waals surface area contributed by atoms with Gasteiger partial charge in [0.1, 0.15) is 5.78 Å². The summed E-state index contributed by atoms with van der Waals surface area (Å²) in [5.74, 6) is 1.09. The van der Waals surface area contributed by atoms with Crippen LogP contribution < -0.4 is 0 Å². The quantitative estimate of drug-likeness (QED) is 0.805. The Kier molecular flexibility index (Phi) is 4.36. The summed E-state index contributed by atoms with van der Waals surface area (Å²) in [5.41, 5.74) is -0.311. The molecule has 0 bridgehead atoms. The highest BCUT2D eigenvalue weighted by Crippen LogP contribution is 2.42. The third-order valence-electron chi connectivity index (χ3n) is 3.83. The SMILES string of the molecule is CC(C)C1CCC(C)(C(=O)CBr)CC1O. The molecule has 1 saturated carbocycles. The van der Waals surface area contributed by atoms with Crippen molar-refractivity contribution in [2.45, 2.75) is 46.1 Å². The van der Waals surface area contributed by atoms with Crippen molar-refractivity contribution < 1.29 is 9.90 Å². The van der Waals surface area contributed by atoms with Crippen molar-refractivity contribution in [1.29, 1.82) is 0 Å². The molecule has 0 radical (unpaired) electrons. The van der Waals surface area contributed by atoms with E-state index in [2.05, 4.69) is 29.8 Å². The van der Waals surface area contributed by atoms with Crippen molar-refractivity contribution in [3.63, 3.8) is 0 Å². The van der Waals surface area contributed by atoms with Gasteiger partial charge < -0.3 is 5.11 Å². The fourth-order valence-corrected chi connectivity index (χ4v) is 3.26. The first kappa shape index (κ1) is 13.2. The van der Waals surface area contributed by atoms with Crippen LogP contribution in [0, 0.1) is 17.3 Å². The highest BCUT2D eigenvalue weighted by atomic mass is 79.9. The number of aliphatic hydroxyl groups is 1. The lowest BCUT2D eigenvalue weighted by Gasteiger charge is -2.40. The molecule has 0 amide bonds. The van der Waals surface area contributed by atoms with Gasteiger partial charge in [-0.2, -0.15) is 0 Å². The van der Waals surface area contributed by atoms with Crippen molar-refractivity contribution in [2.75, 3.05) is 5.33 Å². The summed E-state index contributed by atoms with van der Waals surface area (Å²) >= 11 is 3.22. The van der Waals surface area contributed by atoms with Crippen LogP contribution >= 0.6 is 15.9 Å². The highest BCUT2D eigenvalue weighted by molar-refractivity contribution is 9.09. The van der Waals surface area contributed by atoms with E-state index in [9.17, 15) is 9.90 Å². The summed E-state index contributed by atoms with van der Waals surface area (Å²) in [6.07, 6.45) is 2.19. The Morgan fingerprint density at radius 3 is 2.60 bits per heavy atom. The molecule has 1 fully saturated rings. The Bertz CT molecular complexity index is 240. The summed E-state index contributed by atoms with van der Waals surface area (Å²) in [4.78, 5) is 11.8. The summed E-state index contributed by atoms with van der Waals surface area (Å²) < 4.78 is 0. The lowest BCUT2D eigenvalue weighted by molar-refractivity contribution is -0.131. The number of rotatable bonds is 3. The first-order valence-electron chi connectivity index (χ1n) is 5.68. The van der Waals surface area contributed by atoms with Crippen molar-refractivity contribution in [3.05, 3.63) is 0 Å². The first-order valence-corrected chi connectivity index (χ1v) is 6.80. The number of aliphatic hydroxyl groups excluding tert-OH is 1. The van der Waals surface area contributed by atoms with Gasteiger partial charge >= 0.3 is 0 Å². The predicted octanol–water partition coefficient (Wildman–Crippen LogP) is 2.77. The molecule has 1 aliphatic rings. The van der Waals surface area contributed by atoms with E-state index in [-0.39, 0.29) is 17.3 Å². The Balaban J connectivity index is 2.68. The minimum Gasteiger partial charge on any atom is -0.393 e. The van der Waals surface area contributed by atoms with Gasteiger partial charge in [-0.25, -0.2) is 0 Å². The van der Waals surface area contributed by atoms with E-state index in [4.69, 9.17) is 0 Å². The molecule has 15 heavy (non-hydrogen) atoms. The molecule has 3 unspecified atom stereocenters. The third kappa shape index (κ3) is 2.82. The van der Waals surface area contributed by atoms with Crippen LogP contribution in [0.1, 0.15) is 40.0 Å². The van der Waals surface area contributed by atoms with Crippen LogP contribution in [0.25, 0.3) is 0 Å². The zero-order valence-electron chi connectivity index (χ0n) is 9.79. The number of hydrogen-bond acceptors (Lipinski definition) is 2. The normalized spacial score (nSPS) is 36.9. The second-order valence-corrected chi connectivity index (χ2v) is 5.90. The zero-order valence-corrected chi connectivity index (χ0v) is 11.4. The third-order valence-corrected chi connectivity index (χ3v) is 4.34. The number of carbonyl (C=O) groups is 1. The van der Waals surface area contributed by atoms with Crippen LogP contribution in [0.4, 0.5) is 0 Å². The summed E-state index contributed by atoms with van der Waals surface area (Å²) in [6.45, 7) is 6.27. The second kappa shape index (κ2) is 4.96. The molecule has 0 saturated heterocycles. The van der Waals surface area contributed by atoms with Crippen molar-refractivity contribution in [2.24, 2.45) is 17.3 Å². The summed E-state index contributed by atoms with van der Waals surface area (Å²) in [5, 5.41) is 10.5. The molecule has 0 heterocycles. The minimum absolute atomic E-state index is 0.226. The zero-order chi connectivity index (χ0) is 11.6. The molecule has 1 N–H and O–H groups in total. The van der Waals surface area contributed by atoms with E-state index >= 15 is 0 Å². The van der Waals surface area contributed by atoms with Crippen LogP contribution in [0.5, 0.6) is 0 Å². The number of Topliss-reactive ketones (excluding diaryl/α,β-unsaturated/α-hetero) is 1. The Morgan fingerprint density at radius 2 is 2.20 bits per heavy atom. The van der Waals surface area contributed by atoms with Crippen LogP contribution in [0.3, 0.4) is 0 Å². The van der Waals surface area contributed by atoms with Crippen LogP contribution in [0.15, 0.2) is 0 Å². The fourth-order valence-electron chi connectivity index (χ4n) is 2.58. The van der Waals surface area contributed by atoms with E-state index in [1.807, 2.05) is 6.92 Å². The van der Waals surface area contributed by atoms with Gasteiger partial charge in [-0.3, -0.25) is 4.79 Å². The number of halogens is 1. The van der Waals surface area contributed by atoms with E-state index < -0.39 is 0 Å². The van der Waals surface area contributed by atoms with Gasteiger partial charge in [0.05, 0.1) is 11.4 Å². The van der Waals surface area contributed by atoms with E-state index in [0.29, 0.717) is 23.6 Å². The highest BCUT2D eigenvalue weighted by Gasteiger charge is 2.41. The average molecular weight is 277 g/mol. The van der Waals surface area contributed by atoms with Gasteiger partial charge in [0.25, 0.3) is 0 Å². The number of hydrogen-bond donors (Lipinski definition) is 1. The molecule has 88 valence electrons. The molecule has 1 aliphatic carbocycles. The molecule has 1 rings (SSSR count). The maximum Gasteiger partial charge on any atom is 0.149 e. The number of alkyl halides is 1. The van der Waals surface area contributed by atoms with E-state index in [0.717, 1.165) is 12.8 Å². The molecular weight excluding hydrogens is 256 g/mol. The standard InChI is InChI=1S/C12H21BrO2/c1-8(2)9-4-5-12(3,6-10(9)14)11(15)7-13/h8-10,14H,4-7H2,1-3H3. The summed E-state index contributed by atoms with van der Waals surface area (Å²) in [7, 11) is 0. The van der Waals surface area contributed by atoms with Gasteiger partial charge in [0.15, 0.2) is 0 Å². The molecule has 0 aliphatic heterocycles. The van der Waals surface area contributed by atoms with E-state index in [1.54, 1.807) is 0 Å². The van der Waals surface area contributed by atoms with Gasteiger partial charge in [-0.15, -0.1) is 0 Å². The Hall–Kier alpha value is 0.110. The predicted molar refractivity (Wildman–Crippen MR) is 65.1 cm³/mol. The van der Waals surface area contributed by atoms with Gasteiger partial charge in [0.2, 0.25) is 0 Å². The Morgan fingerprint density at radius 1 is 1.60 bits per heavy atom. The van der Waals surface area contributed by atoms with E-state index in [1.165, 1.54) is 0 Å². The van der Waals surface area contributed by atoms with Gasteiger partial charge in [-0.05, 0) is 31.1 Å². The largest absolute Gasteiger partial charge is 0.393 e. The maximum atomic E-state index is 11.8. The lowest BCUT2D eigenvalue weighted by atomic mass is 9.66. The molecule has 0 aromatic carbocycles. The van der Waals surface area contributed by atoms with Crippen LogP contribution in [-0.2, 0) is 4.79 Å². The molecule has 0 aromatic heterocycles. The number of ketones is 1. The monoisotopic (exact) mass is 276 g/mol. The van der Waals surface area contributed by atoms with Crippen molar-refractivity contribution >= 4 is 21.7 Å². The molecular formula is C12H21BrO2. The number of carbonyl (C=O) groups excluding carboxylic acids is 1. The second-order valence-electron chi connectivity index (χ2n) is 5.34. The molecule has 0 spiro atoms. The van der Waals surface area contributed by atoms with Crippen molar-refractivity contribution in [1.82, 2.24) is 0 Å². The van der Waals surface area contributed by atoms with Crippen LogP contribution in [0.2, 0.25) is 0 Å². The molecule has 3 heteroatoms. The van der Waals surface area contributed by atoms with Gasteiger partial charge in [-0.1, -0.05) is 36.7 Å². The molecule has 3 atom stereocenters. The average Bonchev–Trinajstić information content (AvgIpc) is 2.15. The fraction of sp³-hybridized carbons (Fsp3) is 0.917. The van der Waals surface area contributed by atoms with Crippen LogP contribution in [-0.4, -0.2) is 22.3 Å². The maximum absolute atomic E-state index is 11.8. The summed E-state index contributed by atoms with van der Waals surface area (Å²) in [6, 6.07) is 0. The Labute approximate surface area is 101 Å². The van der Waals surface area contributed by atoms with Crippen molar-refractivity contribution in [3.8, 4) is 0 Å².